The van der Waals surface area contributed by atoms with Gasteiger partial charge in [-0.2, -0.15) is 9.61 Å². The van der Waals surface area contributed by atoms with Gasteiger partial charge in [-0.05, 0) is 25.1 Å². The number of hydrogen-bond acceptors (Lipinski definition) is 3. The van der Waals surface area contributed by atoms with Gasteiger partial charge >= 0.3 is 6.03 Å². The maximum Gasteiger partial charge on any atom is 0.324 e. The van der Waals surface area contributed by atoms with Gasteiger partial charge in [-0.1, -0.05) is 29.3 Å². The number of aromatic nitrogens is 3. The molecule has 0 aliphatic heterocycles. The smallest absolute Gasteiger partial charge is 0.305 e. The quantitative estimate of drug-likeness (QED) is 0.743. The van der Waals surface area contributed by atoms with Gasteiger partial charge in [0.05, 0.1) is 21.4 Å². The lowest BCUT2D eigenvalue weighted by Crippen LogP contribution is -2.21. The van der Waals surface area contributed by atoms with Gasteiger partial charge in [-0.3, -0.25) is 5.32 Å². The molecular formula is C14H11Cl2N5O. The molecule has 0 atom stereocenters. The van der Waals surface area contributed by atoms with Crippen LogP contribution >= 0.6 is 23.2 Å². The van der Waals surface area contributed by atoms with Crippen molar-refractivity contribution in [2.75, 3.05) is 10.6 Å². The maximum atomic E-state index is 12.1. The second kappa shape index (κ2) is 5.82. The molecule has 3 rings (SSSR count). The molecule has 2 heterocycles. The van der Waals surface area contributed by atoms with Crippen molar-refractivity contribution < 1.29 is 4.79 Å². The number of anilines is 2. The molecular weight excluding hydrogens is 325 g/mol. The molecule has 1 aromatic carbocycles. The highest BCUT2D eigenvalue weighted by atomic mass is 35.5. The van der Waals surface area contributed by atoms with E-state index in [2.05, 4.69) is 20.7 Å². The lowest BCUT2D eigenvalue weighted by molar-refractivity contribution is 0.262. The Balaban J connectivity index is 1.84. The molecule has 6 nitrogen and oxygen atoms in total. The topological polar surface area (TPSA) is 71.3 Å². The van der Waals surface area contributed by atoms with E-state index in [1.54, 1.807) is 35.0 Å². The van der Waals surface area contributed by atoms with E-state index in [1.165, 1.54) is 0 Å². The van der Waals surface area contributed by atoms with E-state index >= 15 is 0 Å². The van der Waals surface area contributed by atoms with Gasteiger partial charge in [-0.25, -0.2) is 9.78 Å². The minimum absolute atomic E-state index is 0.352. The number of carbonyl (C=O) groups excluding carboxylic acids is 1. The molecule has 2 N–H and O–H groups in total. The monoisotopic (exact) mass is 335 g/mol. The summed E-state index contributed by atoms with van der Waals surface area (Å²) in [7, 11) is 0. The van der Waals surface area contributed by atoms with Crippen LogP contribution in [-0.2, 0) is 0 Å². The summed E-state index contributed by atoms with van der Waals surface area (Å²) in [5, 5.41) is 10.3. The lowest BCUT2D eigenvalue weighted by atomic mass is 10.3. The standard InChI is InChI=1S/C14H11Cl2N5O/c1-8-7-12-17-6-5-11(21(12)20-8)18-14(22)19-13-9(15)3-2-4-10(13)16/h2-7H,1H3,(H2,18,19,22). The average molecular weight is 336 g/mol. The fourth-order valence-corrected chi connectivity index (χ4v) is 2.47. The molecule has 0 saturated heterocycles. The first kappa shape index (κ1) is 14.6. The average Bonchev–Trinajstić information content (AvgIpc) is 2.84. The first-order chi connectivity index (χ1) is 10.5. The van der Waals surface area contributed by atoms with Crippen LogP contribution in [0.5, 0.6) is 0 Å². The number of para-hydroxylation sites is 1. The zero-order valence-corrected chi connectivity index (χ0v) is 13.0. The van der Waals surface area contributed by atoms with Gasteiger partial charge in [0.15, 0.2) is 5.65 Å². The number of rotatable bonds is 2. The minimum Gasteiger partial charge on any atom is -0.305 e. The van der Waals surface area contributed by atoms with Crippen LogP contribution in [0.25, 0.3) is 5.65 Å². The van der Waals surface area contributed by atoms with Crippen molar-refractivity contribution >= 4 is 46.4 Å². The number of nitrogens with one attached hydrogen (secondary N) is 2. The number of fused-ring (bicyclic) bond motifs is 1. The molecule has 2 amide bonds. The second-order valence-electron chi connectivity index (χ2n) is 4.56. The summed E-state index contributed by atoms with van der Waals surface area (Å²) in [4.78, 5) is 16.3. The van der Waals surface area contributed by atoms with Crippen molar-refractivity contribution in [3.05, 3.63) is 52.3 Å². The molecule has 0 saturated carbocycles. The van der Waals surface area contributed by atoms with Crippen molar-refractivity contribution in [2.24, 2.45) is 0 Å². The number of nitrogens with zero attached hydrogens (tertiary/aromatic N) is 3. The van der Waals surface area contributed by atoms with E-state index in [1.807, 2.05) is 13.0 Å². The summed E-state index contributed by atoms with van der Waals surface area (Å²) in [5.74, 6) is 0.485. The van der Waals surface area contributed by atoms with Crippen LogP contribution in [0.1, 0.15) is 5.69 Å². The van der Waals surface area contributed by atoms with E-state index in [0.29, 0.717) is 27.2 Å². The lowest BCUT2D eigenvalue weighted by Gasteiger charge is -2.11. The third-order valence-corrected chi connectivity index (χ3v) is 3.55. The Hall–Kier alpha value is -2.31. The highest BCUT2D eigenvalue weighted by Gasteiger charge is 2.11. The molecule has 0 aliphatic carbocycles. The minimum atomic E-state index is -0.476. The van der Waals surface area contributed by atoms with Crippen molar-refractivity contribution in [3.63, 3.8) is 0 Å². The molecule has 2 aromatic heterocycles. The Kier molecular flexibility index (Phi) is 3.87. The largest absolute Gasteiger partial charge is 0.324 e. The Bertz CT molecular complexity index is 841. The number of carbonyl (C=O) groups is 1. The highest BCUT2D eigenvalue weighted by molar-refractivity contribution is 6.39. The van der Waals surface area contributed by atoms with Crippen LogP contribution in [0.15, 0.2) is 36.5 Å². The van der Waals surface area contributed by atoms with Crippen LogP contribution in [0, 0.1) is 6.92 Å². The molecule has 0 radical (unpaired) electrons. The molecule has 0 fully saturated rings. The first-order valence-electron chi connectivity index (χ1n) is 6.38. The van der Waals surface area contributed by atoms with Crippen molar-refractivity contribution in [1.29, 1.82) is 0 Å². The summed E-state index contributed by atoms with van der Waals surface area (Å²) < 4.78 is 1.54. The SMILES string of the molecule is Cc1cc2nccc(NC(=O)Nc3c(Cl)cccc3Cl)n2n1. The van der Waals surface area contributed by atoms with Gasteiger partial charge in [0.2, 0.25) is 0 Å². The Morgan fingerprint density at radius 1 is 1.18 bits per heavy atom. The van der Waals surface area contributed by atoms with Gasteiger partial charge in [0.1, 0.15) is 5.82 Å². The zero-order chi connectivity index (χ0) is 15.7. The number of amides is 2. The number of urea groups is 1. The molecule has 0 spiro atoms. The number of aryl methyl sites for hydroxylation is 1. The first-order valence-corrected chi connectivity index (χ1v) is 7.13. The van der Waals surface area contributed by atoms with Crippen LogP contribution in [0.3, 0.4) is 0 Å². The molecule has 0 aliphatic rings. The second-order valence-corrected chi connectivity index (χ2v) is 5.38. The maximum absolute atomic E-state index is 12.1. The van der Waals surface area contributed by atoms with Crippen LogP contribution < -0.4 is 10.6 Å². The Labute approximate surface area is 136 Å². The van der Waals surface area contributed by atoms with Crippen molar-refractivity contribution in [1.82, 2.24) is 14.6 Å². The third kappa shape index (κ3) is 2.84. The Morgan fingerprint density at radius 2 is 1.91 bits per heavy atom. The third-order valence-electron chi connectivity index (χ3n) is 2.92. The number of hydrogen-bond donors (Lipinski definition) is 2. The van der Waals surface area contributed by atoms with E-state index in [-0.39, 0.29) is 0 Å². The van der Waals surface area contributed by atoms with Gasteiger partial charge in [0, 0.05) is 12.3 Å². The summed E-state index contributed by atoms with van der Waals surface area (Å²) in [6.07, 6.45) is 1.59. The summed E-state index contributed by atoms with van der Waals surface area (Å²) >= 11 is 12.0. The number of halogens is 2. The normalized spacial score (nSPS) is 10.7. The zero-order valence-electron chi connectivity index (χ0n) is 11.5. The predicted molar refractivity (Wildman–Crippen MR) is 86.8 cm³/mol. The fraction of sp³-hybridized carbons (Fsp3) is 0.0714. The van der Waals surface area contributed by atoms with Gasteiger partial charge in [0.25, 0.3) is 0 Å². The molecule has 3 aromatic rings. The van der Waals surface area contributed by atoms with E-state index in [9.17, 15) is 4.79 Å². The van der Waals surface area contributed by atoms with Crippen LogP contribution in [0.2, 0.25) is 10.0 Å². The predicted octanol–water partition coefficient (Wildman–Crippen LogP) is 3.99. The number of benzene rings is 1. The van der Waals surface area contributed by atoms with E-state index < -0.39 is 6.03 Å². The molecule has 0 unspecified atom stereocenters. The van der Waals surface area contributed by atoms with Gasteiger partial charge < -0.3 is 5.32 Å². The summed E-state index contributed by atoms with van der Waals surface area (Å²) in [5.41, 5.74) is 1.80. The molecule has 0 bridgehead atoms. The van der Waals surface area contributed by atoms with Gasteiger partial charge in [-0.15, -0.1) is 0 Å². The molecule has 112 valence electrons. The van der Waals surface area contributed by atoms with Crippen LogP contribution in [0.4, 0.5) is 16.3 Å². The fourth-order valence-electron chi connectivity index (χ4n) is 1.98. The van der Waals surface area contributed by atoms with E-state index in [4.69, 9.17) is 23.2 Å². The highest BCUT2D eigenvalue weighted by Crippen LogP contribution is 2.29. The summed E-state index contributed by atoms with van der Waals surface area (Å²) in [6, 6.07) is 7.97. The van der Waals surface area contributed by atoms with E-state index in [0.717, 1.165) is 5.69 Å². The van der Waals surface area contributed by atoms with Crippen LogP contribution in [-0.4, -0.2) is 20.6 Å². The molecule has 22 heavy (non-hydrogen) atoms. The van der Waals surface area contributed by atoms with Crippen molar-refractivity contribution in [2.45, 2.75) is 6.92 Å². The van der Waals surface area contributed by atoms with Crippen molar-refractivity contribution in [3.8, 4) is 0 Å². The Morgan fingerprint density at radius 3 is 2.64 bits per heavy atom. The summed E-state index contributed by atoms with van der Waals surface area (Å²) in [6.45, 7) is 1.85. The molecule has 8 heteroatoms.